The lowest BCUT2D eigenvalue weighted by Crippen LogP contribution is -2.60. The third-order valence-corrected chi connectivity index (χ3v) is 4.79. The Morgan fingerprint density at radius 1 is 1.17 bits per heavy atom. The van der Waals surface area contributed by atoms with Gasteiger partial charge >= 0.3 is 19.8 Å². The van der Waals surface area contributed by atoms with Gasteiger partial charge < -0.3 is 34.2 Å². The molecule has 1 saturated heterocycles. The SMILES string of the molecule is C/C=C(\C)C(=O)OC[C@H]1O[C@@H](OC(=O)c2ccccc2)[C@H](O)[C@@H](OP(=O)(O)O)[C@@H]1O. The summed E-state index contributed by atoms with van der Waals surface area (Å²) >= 11 is 0. The molecule has 1 aromatic carbocycles. The number of allylic oxidation sites excluding steroid dienone is 1. The molecule has 0 aromatic heterocycles. The highest BCUT2D eigenvalue weighted by Gasteiger charge is 2.50. The van der Waals surface area contributed by atoms with Crippen molar-refractivity contribution in [3.05, 3.63) is 47.5 Å². The van der Waals surface area contributed by atoms with E-state index in [2.05, 4.69) is 4.52 Å². The van der Waals surface area contributed by atoms with Crippen LogP contribution in [0.5, 0.6) is 0 Å². The van der Waals surface area contributed by atoms with Gasteiger partial charge in [-0.2, -0.15) is 0 Å². The van der Waals surface area contributed by atoms with Gasteiger partial charge in [-0.15, -0.1) is 0 Å². The number of hydrogen-bond acceptors (Lipinski definition) is 9. The maximum atomic E-state index is 12.3. The first-order valence-corrected chi connectivity index (χ1v) is 10.4. The van der Waals surface area contributed by atoms with Crippen molar-refractivity contribution in [3.8, 4) is 0 Å². The molecule has 1 heterocycles. The summed E-state index contributed by atoms with van der Waals surface area (Å²) in [6.45, 7) is 2.55. The number of phosphoric acid groups is 1. The van der Waals surface area contributed by atoms with Crippen molar-refractivity contribution in [2.45, 2.75) is 44.6 Å². The van der Waals surface area contributed by atoms with Gasteiger partial charge in [0.15, 0.2) is 0 Å². The average Bonchev–Trinajstić information content (AvgIpc) is 2.71. The largest absolute Gasteiger partial charge is 0.470 e. The van der Waals surface area contributed by atoms with Crippen molar-refractivity contribution in [3.63, 3.8) is 0 Å². The molecular weight excluding hydrogens is 423 g/mol. The first kappa shape index (κ1) is 24.2. The van der Waals surface area contributed by atoms with Crippen LogP contribution in [-0.4, -0.2) is 69.3 Å². The highest BCUT2D eigenvalue weighted by Crippen LogP contribution is 2.41. The summed E-state index contributed by atoms with van der Waals surface area (Å²) in [6.07, 6.45) is -7.31. The van der Waals surface area contributed by atoms with Crippen LogP contribution in [0.25, 0.3) is 0 Å². The summed E-state index contributed by atoms with van der Waals surface area (Å²) in [5, 5.41) is 20.7. The molecule has 1 aliphatic rings. The predicted molar refractivity (Wildman–Crippen MR) is 99.8 cm³/mol. The Morgan fingerprint density at radius 3 is 2.37 bits per heavy atom. The van der Waals surface area contributed by atoms with E-state index in [0.29, 0.717) is 0 Å². The molecule has 1 aliphatic heterocycles. The van der Waals surface area contributed by atoms with E-state index in [0.717, 1.165) is 0 Å². The maximum absolute atomic E-state index is 12.3. The highest BCUT2D eigenvalue weighted by atomic mass is 31.2. The molecule has 2 rings (SSSR count). The fourth-order valence-electron chi connectivity index (χ4n) is 2.56. The van der Waals surface area contributed by atoms with Gasteiger partial charge in [-0.3, -0.25) is 4.52 Å². The number of ether oxygens (including phenoxy) is 3. The van der Waals surface area contributed by atoms with Crippen molar-refractivity contribution in [2.24, 2.45) is 0 Å². The summed E-state index contributed by atoms with van der Waals surface area (Å²) in [4.78, 5) is 42.3. The molecule has 0 saturated carbocycles. The van der Waals surface area contributed by atoms with E-state index in [-0.39, 0.29) is 11.1 Å². The minimum atomic E-state index is -5.15. The summed E-state index contributed by atoms with van der Waals surface area (Å²) in [5.74, 6) is -1.61. The molecule has 166 valence electrons. The quantitative estimate of drug-likeness (QED) is 0.258. The molecule has 0 unspecified atom stereocenters. The first-order chi connectivity index (χ1) is 14.0. The Morgan fingerprint density at radius 2 is 1.80 bits per heavy atom. The molecule has 5 atom stereocenters. The number of aliphatic hydroxyl groups excluding tert-OH is 2. The molecule has 0 aliphatic carbocycles. The average molecular weight is 446 g/mol. The smallest absolute Gasteiger partial charge is 0.459 e. The molecule has 12 heteroatoms. The van der Waals surface area contributed by atoms with Crippen LogP contribution < -0.4 is 0 Å². The van der Waals surface area contributed by atoms with Crippen molar-refractivity contribution in [1.29, 1.82) is 0 Å². The minimum Gasteiger partial charge on any atom is -0.459 e. The fourth-order valence-corrected chi connectivity index (χ4v) is 3.12. The molecule has 0 bridgehead atoms. The van der Waals surface area contributed by atoms with Gasteiger partial charge in [0.2, 0.25) is 6.29 Å². The van der Waals surface area contributed by atoms with Crippen LogP contribution in [0.2, 0.25) is 0 Å². The number of carbonyl (C=O) groups excluding carboxylic acids is 2. The topological polar surface area (TPSA) is 169 Å². The first-order valence-electron chi connectivity index (χ1n) is 8.85. The molecule has 11 nitrogen and oxygen atoms in total. The Bertz CT molecular complexity index is 819. The second-order valence-corrected chi connectivity index (χ2v) is 7.62. The standard InChI is InChI=1S/C18H23O11P/c1-3-10(2)16(21)26-9-12-13(19)15(29-30(23,24)25)14(20)18(27-12)28-17(22)11-7-5-4-6-8-11/h3-8,12-15,18-20H,9H2,1-2H3,(H2,23,24,25)/b10-3+/t12-,13-,14-,15+,18+/m1/s1. The van der Waals surface area contributed by atoms with Crippen LogP contribution in [0.15, 0.2) is 42.0 Å². The zero-order valence-corrected chi connectivity index (χ0v) is 17.0. The van der Waals surface area contributed by atoms with Crippen LogP contribution in [0.4, 0.5) is 0 Å². The van der Waals surface area contributed by atoms with Crippen LogP contribution in [0, 0.1) is 0 Å². The fraction of sp³-hybridized carbons (Fsp3) is 0.444. The molecule has 4 N–H and O–H groups in total. The molecule has 0 amide bonds. The van der Waals surface area contributed by atoms with Gasteiger partial charge in [-0.05, 0) is 26.0 Å². The van der Waals surface area contributed by atoms with Crippen molar-refractivity contribution in [2.75, 3.05) is 6.61 Å². The van der Waals surface area contributed by atoms with Gasteiger partial charge in [0.05, 0.1) is 5.56 Å². The number of carbonyl (C=O) groups is 2. The normalized spacial score (nSPS) is 27.4. The maximum Gasteiger partial charge on any atom is 0.470 e. The van der Waals surface area contributed by atoms with Crippen LogP contribution in [0.3, 0.4) is 0 Å². The van der Waals surface area contributed by atoms with Crippen LogP contribution >= 0.6 is 7.82 Å². The van der Waals surface area contributed by atoms with E-state index in [1.54, 1.807) is 25.1 Å². The number of phosphoric ester groups is 1. The van der Waals surface area contributed by atoms with Crippen LogP contribution in [-0.2, 0) is 28.1 Å². The van der Waals surface area contributed by atoms with Gasteiger partial charge in [-0.25, -0.2) is 14.2 Å². The molecule has 30 heavy (non-hydrogen) atoms. The Balaban J connectivity index is 2.19. The van der Waals surface area contributed by atoms with E-state index in [1.807, 2.05) is 0 Å². The van der Waals surface area contributed by atoms with Gasteiger partial charge in [-0.1, -0.05) is 24.3 Å². The third-order valence-electron chi connectivity index (χ3n) is 4.27. The lowest BCUT2D eigenvalue weighted by atomic mass is 9.99. The number of benzene rings is 1. The van der Waals surface area contributed by atoms with Crippen LogP contribution in [0.1, 0.15) is 24.2 Å². The van der Waals surface area contributed by atoms with Crippen molar-refractivity contribution >= 4 is 19.8 Å². The highest BCUT2D eigenvalue weighted by molar-refractivity contribution is 7.46. The van der Waals surface area contributed by atoms with E-state index in [9.17, 15) is 24.4 Å². The summed E-state index contributed by atoms with van der Waals surface area (Å²) in [7, 11) is -5.15. The Hall–Kier alpha value is -2.11. The number of hydrogen-bond donors (Lipinski definition) is 4. The molecule has 1 aromatic rings. The van der Waals surface area contributed by atoms with E-state index < -0.39 is 57.1 Å². The summed E-state index contributed by atoms with van der Waals surface area (Å²) in [6, 6.07) is 7.69. The second-order valence-electron chi connectivity index (χ2n) is 6.43. The molecule has 1 fully saturated rings. The Kier molecular flexibility index (Phi) is 8.27. The van der Waals surface area contributed by atoms with E-state index in [4.69, 9.17) is 24.0 Å². The Labute approximate surface area is 172 Å². The van der Waals surface area contributed by atoms with Crippen molar-refractivity contribution in [1.82, 2.24) is 0 Å². The lowest BCUT2D eigenvalue weighted by Gasteiger charge is -2.41. The minimum absolute atomic E-state index is 0.124. The third kappa shape index (κ3) is 6.44. The zero-order chi connectivity index (χ0) is 22.5. The van der Waals surface area contributed by atoms with E-state index in [1.165, 1.54) is 25.1 Å². The molecular formula is C18H23O11P. The van der Waals surface area contributed by atoms with E-state index >= 15 is 0 Å². The molecule has 0 radical (unpaired) electrons. The monoisotopic (exact) mass is 446 g/mol. The summed E-state index contributed by atoms with van der Waals surface area (Å²) < 4.78 is 31.1. The zero-order valence-electron chi connectivity index (χ0n) is 16.2. The van der Waals surface area contributed by atoms with Gasteiger partial charge in [0, 0.05) is 5.57 Å². The number of aliphatic hydroxyl groups is 2. The predicted octanol–water partition coefficient (Wildman–Crippen LogP) is 0.277. The van der Waals surface area contributed by atoms with Crippen molar-refractivity contribution < 1.29 is 52.9 Å². The molecule has 0 spiro atoms. The van der Waals surface area contributed by atoms with Gasteiger partial charge in [0.25, 0.3) is 0 Å². The number of rotatable bonds is 7. The lowest BCUT2D eigenvalue weighted by molar-refractivity contribution is -0.283. The summed E-state index contributed by atoms with van der Waals surface area (Å²) in [5.41, 5.74) is 0.397. The van der Waals surface area contributed by atoms with Gasteiger partial charge in [0.1, 0.15) is 31.0 Å². The number of esters is 2. The second kappa shape index (κ2) is 10.3.